The largest absolute Gasteiger partial charge is 0.481 e. The van der Waals surface area contributed by atoms with Crippen LogP contribution in [-0.2, 0) is 9.59 Å². The summed E-state index contributed by atoms with van der Waals surface area (Å²) >= 11 is 0. The normalized spacial score (nSPS) is 19.0. The van der Waals surface area contributed by atoms with Crippen LogP contribution in [0.2, 0.25) is 0 Å². The van der Waals surface area contributed by atoms with E-state index in [0.29, 0.717) is 18.4 Å². The molecule has 2 N–H and O–H groups in total. The number of carbonyl (C=O) groups is 2. The van der Waals surface area contributed by atoms with Crippen molar-refractivity contribution in [1.82, 2.24) is 10.2 Å². The molecule has 1 rings (SSSR count). The van der Waals surface area contributed by atoms with Crippen LogP contribution in [0.25, 0.3) is 0 Å². The van der Waals surface area contributed by atoms with Crippen molar-refractivity contribution in [3.8, 4) is 0 Å². The average Bonchev–Trinajstić information content (AvgIpc) is 2.37. The molecule has 5 nitrogen and oxygen atoms in total. The SMILES string of the molecule is CC(C)C(C)NC(=O)CN1CCC(CCC(=O)O)CC1. The lowest BCUT2D eigenvalue weighted by atomic mass is 9.92. The molecule has 1 saturated heterocycles. The first kappa shape index (κ1) is 17.0. The van der Waals surface area contributed by atoms with Crippen molar-refractivity contribution < 1.29 is 14.7 Å². The first-order chi connectivity index (χ1) is 9.38. The van der Waals surface area contributed by atoms with Crippen LogP contribution in [0.5, 0.6) is 0 Å². The van der Waals surface area contributed by atoms with Gasteiger partial charge in [-0.3, -0.25) is 14.5 Å². The number of aliphatic carboxylic acids is 1. The van der Waals surface area contributed by atoms with E-state index in [0.717, 1.165) is 32.4 Å². The van der Waals surface area contributed by atoms with Gasteiger partial charge in [0, 0.05) is 12.5 Å². The van der Waals surface area contributed by atoms with E-state index in [1.807, 2.05) is 6.92 Å². The second-order valence-corrected chi connectivity index (χ2v) is 6.25. The highest BCUT2D eigenvalue weighted by atomic mass is 16.4. The first-order valence-corrected chi connectivity index (χ1v) is 7.62. The topological polar surface area (TPSA) is 69.6 Å². The van der Waals surface area contributed by atoms with E-state index >= 15 is 0 Å². The monoisotopic (exact) mass is 284 g/mol. The Bertz CT molecular complexity index is 323. The van der Waals surface area contributed by atoms with E-state index in [1.54, 1.807) is 0 Å². The van der Waals surface area contributed by atoms with Crippen LogP contribution < -0.4 is 5.32 Å². The molecular weight excluding hydrogens is 256 g/mol. The molecule has 1 atom stereocenters. The number of nitrogens with zero attached hydrogens (tertiary/aromatic N) is 1. The van der Waals surface area contributed by atoms with Crippen LogP contribution in [-0.4, -0.2) is 47.6 Å². The molecule has 0 aliphatic carbocycles. The Labute approximate surface area is 121 Å². The molecule has 1 amide bonds. The highest BCUT2D eigenvalue weighted by Gasteiger charge is 2.22. The number of likely N-dealkylation sites (tertiary alicyclic amines) is 1. The zero-order valence-corrected chi connectivity index (χ0v) is 12.9. The zero-order chi connectivity index (χ0) is 15.1. The maximum Gasteiger partial charge on any atom is 0.303 e. The van der Waals surface area contributed by atoms with Crippen LogP contribution in [0.15, 0.2) is 0 Å². The van der Waals surface area contributed by atoms with Crippen molar-refractivity contribution in [1.29, 1.82) is 0 Å². The van der Waals surface area contributed by atoms with Gasteiger partial charge in [-0.2, -0.15) is 0 Å². The maximum atomic E-state index is 11.9. The molecule has 0 aromatic carbocycles. The van der Waals surface area contributed by atoms with E-state index < -0.39 is 5.97 Å². The van der Waals surface area contributed by atoms with E-state index in [4.69, 9.17) is 5.11 Å². The summed E-state index contributed by atoms with van der Waals surface area (Å²) in [7, 11) is 0. The summed E-state index contributed by atoms with van der Waals surface area (Å²) in [6, 6.07) is 0.204. The van der Waals surface area contributed by atoms with Crippen molar-refractivity contribution >= 4 is 11.9 Å². The maximum absolute atomic E-state index is 11.9. The van der Waals surface area contributed by atoms with Gasteiger partial charge in [0.15, 0.2) is 0 Å². The molecule has 1 heterocycles. The van der Waals surface area contributed by atoms with Crippen molar-refractivity contribution in [2.24, 2.45) is 11.8 Å². The molecule has 116 valence electrons. The summed E-state index contributed by atoms with van der Waals surface area (Å²) in [5.74, 6) is 0.324. The molecule has 1 fully saturated rings. The second kappa shape index (κ2) is 8.25. The summed E-state index contributed by atoms with van der Waals surface area (Å²) in [6.07, 6.45) is 3.03. The van der Waals surface area contributed by atoms with Gasteiger partial charge in [-0.1, -0.05) is 13.8 Å². The number of carbonyl (C=O) groups excluding carboxylic acids is 1. The molecule has 0 radical (unpaired) electrons. The molecule has 20 heavy (non-hydrogen) atoms. The van der Waals surface area contributed by atoms with Crippen LogP contribution in [0.4, 0.5) is 0 Å². The minimum Gasteiger partial charge on any atom is -0.481 e. The van der Waals surface area contributed by atoms with E-state index in [-0.39, 0.29) is 18.4 Å². The van der Waals surface area contributed by atoms with Gasteiger partial charge in [-0.05, 0) is 51.1 Å². The van der Waals surface area contributed by atoms with Crippen molar-refractivity contribution in [2.75, 3.05) is 19.6 Å². The number of amides is 1. The number of nitrogens with one attached hydrogen (secondary N) is 1. The molecule has 5 heteroatoms. The van der Waals surface area contributed by atoms with Gasteiger partial charge in [0.05, 0.1) is 6.54 Å². The molecule has 0 aromatic heterocycles. The van der Waals surface area contributed by atoms with Crippen molar-refractivity contribution in [3.05, 3.63) is 0 Å². The minimum absolute atomic E-state index is 0.0928. The summed E-state index contributed by atoms with van der Waals surface area (Å²) in [4.78, 5) is 24.6. The molecule has 0 spiro atoms. The third-order valence-electron chi connectivity index (χ3n) is 4.23. The quantitative estimate of drug-likeness (QED) is 0.747. The highest BCUT2D eigenvalue weighted by Crippen LogP contribution is 2.21. The Hall–Kier alpha value is -1.10. The smallest absolute Gasteiger partial charge is 0.303 e. The fourth-order valence-corrected chi connectivity index (χ4v) is 2.43. The highest BCUT2D eigenvalue weighted by molar-refractivity contribution is 5.78. The van der Waals surface area contributed by atoms with Gasteiger partial charge in [-0.25, -0.2) is 0 Å². The Morgan fingerprint density at radius 1 is 1.25 bits per heavy atom. The summed E-state index contributed by atoms with van der Waals surface area (Å²) in [5, 5.41) is 11.7. The van der Waals surface area contributed by atoms with Gasteiger partial charge in [0.1, 0.15) is 0 Å². The Balaban J connectivity index is 2.21. The molecule has 1 unspecified atom stereocenters. The molecule has 0 aromatic rings. The van der Waals surface area contributed by atoms with Gasteiger partial charge < -0.3 is 10.4 Å². The molecule has 0 bridgehead atoms. The van der Waals surface area contributed by atoms with Crippen LogP contribution in [0, 0.1) is 11.8 Å². The third kappa shape index (κ3) is 6.37. The fourth-order valence-electron chi connectivity index (χ4n) is 2.43. The molecular formula is C15H28N2O3. The number of hydrogen-bond donors (Lipinski definition) is 2. The minimum atomic E-state index is -0.713. The third-order valence-corrected chi connectivity index (χ3v) is 4.23. The lowest BCUT2D eigenvalue weighted by Crippen LogP contribution is -2.45. The zero-order valence-electron chi connectivity index (χ0n) is 12.9. The van der Waals surface area contributed by atoms with Gasteiger partial charge >= 0.3 is 5.97 Å². The lowest BCUT2D eigenvalue weighted by molar-refractivity contribution is -0.137. The number of carboxylic acid groups (broad SMARTS) is 1. The summed E-state index contributed by atoms with van der Waals surface area (Å²) in [6.45, 7) is 8.47. The van der Waals surface area contributed by atoms with E-state index in [2.05, 4.69) is 24.1 Å². The fraction of sp³-hybridized carbons (Fsp3) is 0.867. The number of piperidine rings is 1. The first-order valence-electron chi connectivity index (χ1n) is 7.62. The van der Waals surface area contributed by atoms with Gasteiger partial charge in [0.25, 0.3) is 0 Å². The Kier molecular flexibility index (Phi) is 6.99. The summed E-state index contributed by atoms with van der Waals surface area (Å²) < 4.78 is 0. The predicted molar refractivity (Wildman–Crippen MR) is 78.5 cm³/mol. The predicted octanol–water partition coefficient (Wildman–Crippen LogP) is 1.72. The van der Waals surface area contributed by atoms with Crippen molar-refractivity contribution in [2.45, 2.75) is 52.5 Å². The number of rotatable bonds is 7. The number of hydrogen-bond acceptors (Lipinski definition) is 3. The molecule has 1 aliphatic heterocycles. The Morgan fingerprint density at radius 3 is 2.35 bits per heavy atom. The lowest BCUT2D eigenvalue weighted by Gasteiger charge is -2.31. The molecule has 0 saturated carbocycles. The second-order valence-electron chi connectivity index (χ2n) is 6.25. The van der Waals surface area contributed by atoms with E-state index in [1.165, 1.54) is 0 Å². The van der Waals surface area contributed by atoms with Crippen LogP contribution in [0.3, 0.4) is 0 Å². The van der Waals surface area contributed by atoms with Crippen molar-refractivity contribution in [3.63, 3.8) is 0 Å². The van der Waals surface area contributed by atoms with Gasteiger partial charge in [0.2, 0.25) is 5.91 Å². The van der Waals surface area contributed by atoms with Crippen LogP contribution >= 0.6 is 0 Å². The standard InChI is InChI=1S/C15H28N2O3/c1-11(2)12(3)16-14(18)10-17-8-6-13(7-9-17)4-5-15(19)20/h11-13H,4-10H2,1-3H3,(H,16,18)(H,19,20). The van der Waals surface area contributed by atoms with E-state index in [9.17, 15) is 9.59 Å². The summed E-state index contributed by atoms with van der Waals surface area (Å²) in [5.41, 5.74) is 0. The average molecular weight is 284 g/mol. The van der Waals surface area contributed by atoms with Gasteiger partial charge in [-0.15, -0.1) is 0 Å². The Morgan fingerprint density at radius 2 is 1.85 bits per heavy atom. The van der Waals surface area contributed by atoms with Crippen LogP contribution in [0.1, 0.15) is 46.5 Å². The number of carboxylic acids is 1. The molecule has 1 aliphatic rings.